The normalized spacial score (nSPS) is 16.5. The molecular weight excluding hydrogens is 244 g/mol. The summed E-state index contributed by atoms with van der Waals surface area (Å²) in [5.74, 6) is 0.274. The average Bonchev–Trinajstić information content (AvgIpc) is 2.65. The summed E-state index contributed by atoms with van der Waals surface area (Å²) in [6.45, 7) is 7.73. The third-order valence-electron chi connectivity index (χ3n) is 3.40. The van der Waals surface area contributed by atoms with Crippen LogP contribution >= 0.6 is 0 Å². The highest BCUT2D eigenvalue weighted by Crippen LogP contribution is 2.17. The summed E-state index contributed by atoms with van der Waals surface area (Å²) >= 11 is 0. The molecule has 2 heterocycles. The van der Waals surface area contributed by atoms with E-state index in [9.17, 15) is 4.79 Å². The molecule has 7 nitrogen and oxygen atoms in total. The molecule has 0 bridgehead atoms. The molecule has 1 amide bonds. The fourth-order valence-electron chi connectivity index (χ4n) is 2.42. The van der Waals surface area contributed by atoms with E-state index in [1.807, 2.05) is 7.05 Å². The molecule has 0 atom stereocenters. The molecule has 1 aliphatic heterocycles. The molecule has 0 saturated carbocycles. The smallest absolute Gasteiger partial charge is 0.254 e. The standard InChI is InChI=1S/C12H22N6O/c1-9-10(11(13)19)12(17(2)16-9)15-5-8-18-6-3-14-4-7-18/h14-15H,3-8H2,1-2H3,(H2,13,19). The lowest BCUT2D eigenvalue weighted by atomic mass is 10.2. The molecule has 7 heteroatoms. The van der Waals surface area contributed by atoms with E-state index in [-0.39, 0.29) is 0 Å². The second-order valence-corrected chi connectivity index (χ2v) is 4.82. The van der Waals surface area contributed by atoms with Crippen molar-refractivity contribution in [1.29, 1.82) is 0 Å². The molecule has 19 heavy (non-hydrogen) atoms. The SMILES string of the molecule is Cc1nn(C)c(NCCN2CCNCC2)c1C(N)=O. The van der Waals surface area contributed by atoms with E-state index in [1.54, 1.807) is 11.6 Å². The molecule has 106 valence electrons. The maximum absolute atomic E-state index is 11.4. The highest BCUT2D eigenvalue weighted by atomic mass is 16.1. The average molecular weight is 266 g/mol. The van der Waals surface area contributed by atoms with Gasteiger partial charge in [0.25, 0.3) is 5.91 Å². The number of carbonyl (C=O) groups is 1. The van der Waals surface area contributed by atoms with Gasteiger partial charge in [-0.15, -0.1) is 0 Å². The molecule has 1 fully saturated rings. The zero-order valence-electron chi connectivity index (χ0n) is 11.6. The van der Waals surface area contributed by atoms with Gasteiger partial charge in [-0.25, -0.2) is 0 Å². The van der Waals surface area contributed by atoms with Gasteiger partial charge in [0.2, 0.25) is 0 Å². The number of nitrogens with one attached hydrogen (secondary N) is 2. The van der Waals surface area contributed by atoms with E-state index in [1.165, 1.54) is 0 Å². The van der Waals surface area contributed by atoms with Crippen molar-refractivity contribution >= 4 is 11.7 Å². The first-order chi connectivity index (χ1) is 9.09. The third kappa shape index (κ3) is 3.24. The maximum atomic E-state index is 11.4. The highest BCUT2D eigenvalue weighted by Gasteiger charge is 2.18. The monoisotopic (exact) mass is 266 g/mol. The van der Waals surface area contributed by atoms with Gasteiger partial charge in [-0.2, -0.15) is 5.10 Å². The number of anilines is 1. The number of nitrogens with two attached hydrogens (primary N) is 1. The van der Waals surface area contributed by atoms with Gasteiger partial charge in [0.05, 0.1) is 5.69 Å². The molecule has 0 radical (unpaired) electrons. The summed E-state index contributed by atoms with van der Waals surface area (Å²) < 4.78 is 1.67. The van der Waals surface area contributed by atoms with Gasteiger partial charge in [0, 0.05) is 46.3 Å². The Morgan fingerprint density at radius 1 is 1.47 bits per heavy atom. The molecule has 1 saturated heterocycles. The van der Waals surface area contributed by atoms with Crippen molar-refractivity contribution in [3.63, 3.8) is 0 Å². The van der Waals surface area contributed by atoms with E-state index in [0.717, 1.165) is 39.3 Å². The summed E-state index contributed by atoms with van der Waals surface area (Å²) in [5, 5.41) is 10.8. The summed E-state index contributed by atoms with van der Waals surface area (Å²) in [7, 11) is 1.81. The van der Waals surface area contributed by atoms with Crippen LogP contribution < -0.4 is 16.4 Å². The third-order valence-corrected chi connectivity index (χ3v) is 3.40. The second kappa shape index (κ2) is 6.03. The van der Waals surface area contributed by atoms with Crippen molar-refractivity contribution in [2.45, 2.75) is 6.92 Å². The van der Waals surface area contributed by atoms with Crippen molar-refractivity contribution in [3.8, 4) is 0 Å². The van der Waals surface area contributed by atoms with Gasteiger partial charge in [-0.1, -0.05) is 0 Å². The summed E-state index contributed by atoms with van der Waals surface area (Å²) in [6, 6.07) is 0. The van der Waals surface area contributed by atoms with Crippen LogP contribution in [-0.4, -0.2) is 59.9 Å². The first-order valence-electron chi connectivity index (χ1n) is 6.60. The first-order valence-corrected chi connectivity index (χ1v) is 6.60. The van der Waals surface area contributed by atoms with Crippen LogP contribution in [0.5, 0.6) is 0 Å². The number of nitrogens with zero attached hydrogens (tertiary/aromatic N) is 3. The lowest BCUT2D eigenvalue weighted by Gasteiger charge is -2.27. The predicted molar refractivity (Wildman–Crippen MR) is 74.3 cm³/mol. The van der Waals surface area contributed by atoms with Crippen LogP contribution in [0.15, 0.2) is 0 Å². The topological polar surface area (TPSA) is 88.2 Å². The fourth-order valence-corrected chi connectivity index (χ4v) is 2.42. The Labute approximate surface area is 113 Å². The Morgan fingerprint density at radius 2 is 2.16 bits per heavy atom. The van der Waals surface area contributed by atoms with E-state index in [2.05, 4.69) is 20.6 Å². The Hall–Kier alpha value is -1.60. The van der Waals surface area contributed by atoms with Gasteiger partial charge in [0.15, 0.2) is 0 Å². The number of amides is 1. The van der Waals surface area contributed by atoms with Crippen LogP contribution in [0.1, 0.15) is 16.1 Å². The van der Waals surface area contributed by atoms with E-state index < -0.39 is 5.91 Å². The summed E-state index contributed by atoms with van der Waals surface area (Å²) in [5.41, 5.74) is 6.55. The number of hydrogen-bond acceptors (Lipinski definition) is 5. The van der Waals surface area contributed by atoms with Crippen LogP contribution in [0, 0.1) is 6.92 Å². The number of primary amides is 1. The molecule has 0 aromatic carbocycles. The van der Waals surface area contributed by atoms with Crippen LogP contribution in [0.2, 0.25) is 0 Å². The summed E-state index contributed by atoms with van der Waals surface area (Å²) in [4.78, 5) is 13.8. The molecule has 1 aliphatic rings. The predicted octanol–water partition coefficient (Wildman–Crippen LogP) is -0.855. The Balaban J connectivity index is 1.93. The number of rotatable bonds is 5. The lowest BCUT2D eigenvalue weighted by molar-refractivity contribution is 0.100. The fraction of sp³-hybridized carbons (Fsp3) is 0.667. The quantitative estimate of drug-likeness (QED) is 0.646. The first kappa shape index (κ1) is 13.8. The van der Waals surface area contributed by atoms with E-state index in [4.69, 9.17) is 5.73 Å². The Morgan fingerprint density at radius 3 is 2.79 bits per heavy atom. The largest absolute Gasteiger partial charge is 0.368 e. The van der Waals surface area contributed by atoms with Crippen molar-refractivity contribution in [1.82, 2.24) is 20.0 Å². The molecule has 0 aliphatic carbocycles. The van der Waals surface area contributed by atoms with E-state index in [0.29, 0.717) is 17.1 Å². The number of piperazine rings is 1. The van der Waals surface area contributed by atoms with Crippen LogP contribution in [0.4, 0.5) is 5.82 Å². The van der Waals surface area contributed by atoms with Gasteiger partial charge < -0.3 is 16.4 Å². The molecule has 1 aromatic heterocycles. The van der Waals surface area contributed by atoms with Gasteiger partial charge in [0.1, 0.15) is 11.4 Å². The number of carbonyl (C=O) groups excluding carboxylic acids is 1. The minimum absolute atomic E-state index is 0.435. The number of aromatic nitrogens is 2. The zero-order valence-corrected chi connectivity index (χ0v) is 11.6. The van der Waals surface area contributed by atoms with Gasteiger partial charge in [-0.3, -0.25) is 14.4 Å². The van der Waals surface area contributed by atoms with Gasteiger partial charge in [-0.05, 0) is 6.92 Å². The molecule has 1 aromatic rings. The molecular formula is C12H22N6O. The zero-order chi connectivity index (χ0) is 13.8. The minimum atomic E-state index is -0.435. The Bertz CT molecular complexity index is 449. The maximum Gasteiger partial charge on any atom is 0.254 e. The molecule has 0 unspecified atom stereocenters. The summed E-state index contributed by atoms with van der Waals surface area (Å²) in [6.07, 6.45) is 0. The van der Waals surface area contributed by atoms with Crippen LogP contribution in [-0.2, 0) is 7.05 Å². The second-order valence-electron chi connectivity index (χ2n) is 4.82. The number of hydrogen-bond donors (Lipinski definition) is 3. The van der Waals surface area contributed by atoms with Crippen LogP contribution in [0.25, 0.3) is 0 Å². The molecule has 4 N–H and O–H groups in total. The van der Waals surface area contributed by atoms with Crippen molar-refractivity contribution < 1.29 is 4.79 Å². The van der Waals surface area contributed by atoms with Gasteiger partial charge >= 0.3 is 0 Å². The van der Waals surface area contributed by atoms with Crippen molar-refractivity contribution in [3.05, 3.63) is 11.3 Å². The molecule has 2 rings (SSSR count). The lowest BCUT2D eigenvalue weighted by Crippen LogP contribution is -2.45. The van der Waals surface area contributed by atoms with E-state index >= 15 is 0 Å². The number of aryl methyl sites for hydroxylation is 2. The van der Waals surface area contributed by atoms with Crippen molar-refractivity contribution in [2.75, 3.05) is 44.6 Å². The Kier molecular flexibility index (Phi) is 4.39. The molecule has 0 spiro atoms. The van der Waals surface area contributed by atoms with Crippen molar-refractivity contribution in [2.24, 2.45) is 12.8 Å². The van der Waals surface area contributed by atoms with Crippen LogP contribution in [0.3, 0.4) is 0 Å². The highest BCUT2D eigenvalue weighted by molar-refractivity contribution is 5.98. The minimum Gasteiger partial charge on any atom is -0.368 e.